The predicted molar refractivity (Wildman–Crippen MR) is 201 cm³/mol. The fraction of sp³-hybridized carbons (Fsp3) is 0.270. The van der Waals surface area contributed by atoms with Crippen LogP contribution in [0.5, 0.6) is 5.75 Å². The van der Waals surface area contributed by atoms with Gasteiger partial charge in [0.25, 0.3) is 0 Å². The third-order valence-corrected chi connectivity index (χ3v) is 10.1. The Bertz CT molecular complexity index is 2630. The maximum Gasteiger partial charge on any atom is 0.367 e. The highest BCUT2D eigenvalue weighted by atomic mass is 32.1. The third kappa shape index (κ3) is 6.51. The van der Waals surface area contributed by atoms with Gasteiger partial charge in [0, 0.05) is 55.1 Å². The first-order valence-corrected chi connectivity index (χ1v) is 17.8. The van der Waals surface area contributed by atoms with Gasteiger partial charge in [0.2, 0.25) is 10.2 Å². The highest BCUT2D eigenvalue weighted by Crippen LogP contribution is 2.38. The topological polar surface area (TPSA) is 161 Å². The Morgan fingerprint density at radius 2 is 1.72 bits per heavy atom. The SMILES string of the molecule is Cc1nn(Cc2nn(CN3CCN(c4cc5c(cc4F)c(=O)c(C(=O)O)cn5C4CC4)CC3)c(=S)n2-c2ccccc2)c(=O)n1/N=C/c1ccccc1O. The molecule has 6 aromatic rings. The highest BCUT2D eigenvalue weighted by Gasteiger charge is 2.29. The summed E-state index contributed by atoms with van der Waals surface area (Å²) in [6.45, 7) is 4.07. The summed E-state index contributed by atoms with van der Waals surface area (Å²) in [6, 6.07) is 19.0. The lowest BCUT2D eigenvalue weighted by molar-refractivity contribution is 0.0694. The lowest BCUT2D eigenvalue weighted by Crippen LogP contribution is -2.47. The number of carbonyl (C=O) groups is 1. The van der Waals surface area contributed by atoms with Gasteiger partial charge in [0.15, 0.2) is 11.6 Å². The molecule has 4 heterocycles. The molecule has 276 valence electrons. The molecule has 0 spiro atoms. The number of hydrogen-bond acceptors (Lipinski definition) is 10. The van der Waals surface area contributed by atoms with Gasteiger partial charge in [-0.3, -0.25) is 14.3 Å². The quantitative estimate of drug-likeness (QED) is 0.155. The Balaban J connectivity index is 1.04. The number of hydrogen-bond donors (Lipinski definition) is 2. The zero-order chi connectivity index (χ0) is 37.7. The third-order valence-electron chi connectivity index (χ3n) is 9.75. The number of fused-ring (bicyclic) bond motifs is 1. The van der Waals surface area contributed by atoms with Crippen LogP contribution in [0.2, 0.25) is 0 Å². The molecule has 17 heteroatoms. The Hall–Kier alpha value is -6.20. The van der Waals surface area contributed by atoms with E-state index in [1.807, 2.05) is 35.2 Å². The minimum absolute atomic E-state index is 0.000771. The number of phenols is 1. The van der Waals surface area contributed by atoms with E-state index in [4.69, 9.17) is 17.3 Å². The van der Waals surface area contributed by atoms with Gasteiger partial charge in [0.1, 0.15) is 23.7 Å². The number of carboxylic acid groups (broad SMARTS) is 1. The number of aromatic hydroxyl groups is 1. The molecule has 15 nitrogen and oxygen atoms in total. The van der Waals surface area contributed by atoms with Gasteiger partial charge in [-0.05, 0) is 68.4 Å². The van der Waals surface area contributed by atoms with Crippen LogP contribution in [0.3, 0.4) is 0 Å². The van der Waals surface area contributed by atoms with Crippen LogP contribution in [-0.2, 0) is 13.2 Å². The number of pyridine rings is 1. The van der Waals surface area contributed by atoms with E-state index in [2.05, 4.69) is 15.1 Å². The van der Waals surface area contributed by atoms with Crippen molar-refractivity contribution in [3.8, 4) is 11.4 Å². The number of carboxylic acids is 1. The Kier molecular flexibility index (Phi) is 9.03. The fourth-order valence-electron chi connectivity index (χ4n) is 6.81. The molecule has 1 aliphatic heterocycles. The summed E-state index contributed by atoms with van der Waals surface area (Å²) < 4.78 is 23.7. The van der Waals surface area contributed by atoms with Crippen molar-refractivity contribution in [2.45, 2.75) is 39.0 Å². The van der Waals surface area contributed by atoms with E-state index in [-0.39, 0.29) is 29.3 Å². The normalized spacial score (nSPS) is 15.1. The van der Waals surface area contributed by atoms with E-state index in [9.17, 15) is 24.6 Å². The highest BCUT2D eigenvalue weighted by molar-refractivity contribution is 7.71. The number of aryl methyl sites for hydroxylation is 1. The summed E-state index contributed by atoms with van der Waals surface area (Å²) in [7, 11) is 0. The number of anilines is 1. The molecule has 2 aliphatic rings. The number of rotatable bonds is 10. The van der Waals surface area contributed by atoms with Crippen LogP contribution in [0.25, 0.3) is 16.6 Å². The van der Waals surface area contributed by atoms with Gasteiger partial charge in [-0.25, -0.2) is 23.3 Å². The Morgan fingerprint density at radius 3 is 2.43 bits per heavy atom. The molecule has 0 amide bonds. The molecule has 1 aliphatic carbocycles. The molecule has 2 fully saturated rings. The maximum absolute atomic E-state index is 15.6. The van der Waals surface area contributed by atoms with Gasteiger partial charge in [0.05, 0.1) is 24.1 Å². The van der Waals surface area contributed by atoms with E-state index < -0.39 is 22.9 Å². The summed E-state index contributed by atoms with van der Waals surface area (Å²) in [4.78, 5) is 42.2. The van der Waals surface area contributed by atoms with Gasteiger partial charge in [-0.1, -0.05) is 30.3 Å². The molecule has 0 unspecified atom stereocenters. The van der Waals surface area contributed by atoms with Crippen LogP contribution in [-0.4, -0.2) is 86.8 Å². The van der Waals surface area contributed by atoms with Crippen LogP contribution >= 0.6 is 12.2 Å². The lowest BCUT2D eigenvalue weighted by Gasteiger charge is -2.36. The number of nitrogens with zero attached hydrogens (tertiary/aromatic N) is 10. The number of phenolic OH excluding ortho intramolecular Hbond substituents is 1. The van der Waals surface area contributed by atoms with Crippen molar-refractivity contribution in [2.24, 2.45) is 5.10 Å². The zero-order valence-electron chi connectivity index (χ0n) is 29.1. The van der Waals surface area contributed by atoms with E-state index >= 15 is 4.39 Å². The average molecular weight is 751 g/mol. The van der Waals surface area contributed by atoms with Crippen molar-refractivity contribution < 1.29 is 19.4 Å². The van der Waals surface area contributed by atoms with E-state index in [0.717, 1.165) is 29.3 Å². The van der Waals surface area contributed by atoms with Crippen LogP contribution < -0.4 is 16.0 Å². The van der Waals surface area contributed by atoms with Crippen molar-refractivity contribution in [3.63, 3.8) is 0 Å². The van der Waals surface area contributed by atoms with Crippen LogP contribution in [0.15, 0.2) is 87.6 Å². The van der Waals surface area contributed by atoms with Crippen molar-refractivity contribution >= 4 is 41.0 Å². The second-order valence-corrected chi connectivity index (χ2v) is 13.7. The molecule has 0 radical (unpaired) electrons. The Morgan fingerprint density at radius 1 is 1.00 bits per heavy atom. The molecule has 3 aromatic heterocycles. The second-order valence-electron chi connectivity index (χ2n) is 13.4. The minimum Gasteiger partial charge on any atom is -0.507 e. The minimum atomic E-state index is -1.33. The van der Waals surface area contributed by atoms with Gasteiger partial charge < -0.3 is 19.7 Å². The fourth-order valence-corrected chi connectivity index (χ4v) is 7.11. The summed E-state index contributed by atoms with van der Waals surface area (Å²) in [5, 5.41) is 33.3. The van der Waals surface area contributed by atoms with Crippen LogP contribution in [0.1, 0.15) is 46.5 Å². The summed E-state index contributed by atoms with van der Waals surface area (Å²) in [6.07, 6.45) is 4.50. The predicted octanol–water partition coefficient (Wildman–Crippen LogP) is 3.97. The van der Waals surface area contributed by atoms with Crippen molar-refractivity contribution in [3.05, 3.63) is 127 Å². The molecule has 8 rings (SSSR count). The molecule has 0 atom stereocenters. The van der Waals surface area contributed by atoms with E-state index in [1.165, 1.54) is 23.2 Å². The molecule has 54 heavy (non-hydrogen) atoms. The largest absolute Gasteiger partial charge is 0.507 e. The standard InChI is InChI=1S/C37H35FN10O5S/c1-23-40-45(36(53)48(23)39-19-24-7-5-6-10-32(24)49)21-33-41-46(37(54)47(33)26-8-3-2-4-9-26)22-42-13-15-43(16-14-42)31-18-30-27(17-29(31)38)34(50)28(35(51)52)20-44(30)25-11-12-25/h2-10,17-20,25,49H,11-16,21-22H2,1H3,(H,51,52)/b39-19+. The summed E-state index contributed by atoms with van der Waals surface area (Å²) in [5.41, 5.74) is 0.552. The van der Waals surface area contributed by atoms with Crippen LogP contribution in [0, 0.1) is 17.5 Å². The Labute approximate surface area is 311 Å². The zero-order valence-corrected chi connectivity index (χ0v) is 29.9. The lowest BCUT2D eigenvalue weighted by atomic mass is 10.1. The average Bonchev–Trinajstić information content (AvgIpc) is 3.91. The van der Waals surface area contributed by atoms with Crippen molar-refractivity contribution in [1.82, 2.24) is 38.3 Å². The molecule has 3 aromatic carbocycles. The number of benzene rings is 3. The summed E-state index contributed by atoms with van der Waals surface area (Å²) in [5.74, 6) is -1.05. The molecular weight excluding hydrogens is 716 g/mol. The van der Waals surface area contributed by atoms with Crippen LogP contribution in [0.4, 0.5) is 10.1 Å². The molecular formula is C37H35FN10O5S. The molecule has 2 N–H and O–H groups in total. The van der Waals surface area contributed by atoms with Gasteiger partial charge >= 0.3 is 11.7 Å². The number of aromatic nitrogens is 7. The van der Waals surface area contributed by atoms with Crippen molar-refractivity contribution in [2.75, 3.05) is 31.1 Å². The number of piperazine rings is 1. The number of para-hydroxylation sites is 2. The number of halogens is 1. The number of aromatic carboxylic acids is 1. The first-order valence-electron chi connectivity index (χ1n) is 17.4. The van der Waals surface area contributed by atoms with Gasteiger partial charge in [-0.15, -0.1) is 0 Å². The molecule has 0 bridgehead atoms. The van der Waals surface area contributed by atoms with E-state index in [0.29, 0.717) is 66.0 Å². The molecule has 1 saturated carbocycles. The van der Waals surface area contributed by atoms with Gasteiger partial charge in [-0.2, -0.15) is 20.0 Å². The first-order chi connectivity index (χ1) is 26.1. The monoisotopic (exact) mass is 750 g/mol. The van der Waals surface area contributed by atoms with Crippen molar-refractivity contribution in [1.29, 1.82) is 0 Å². The van der Waals surface area contributed by atoms with E-state index in [1.54, 1.807) is 45.0 Å². The smallest absolute Gasteiger partial charge is 0.367 e. The molecule has 1 saturated heterocycles. The summed E-state index contributed by atoms with van der Waals surface area (Å²) >= 11 is 5.94. The maximum atomic E-state index is 15.6. The second kappa shape index (κ2) is 14.0. The first kappa shape index (κ1) is 34.9.